The van der Waals surface area contributed by atoms with Gasteiger partial charge in [0.1, 0.15) is 5.69 Å². The molecule has 2 aromatic heterocycles. The average Bonchev–Trinajstić information content (AvgIpc) is 3.14. The second-order valence-corrected chi connectivity index (χ2v) is 5.72. The van der Waals surface area contributed by atoms with Gasteiger partial charge < -0.3 is 4.42 Å². The summed E-state index contributed by atoms with van der Waals surface area (Å²) >= 11 is 0. The van der Waals surface area contributed by atoms with E-state index in [1.54, 1.807) is 10.7 Å². The van der Waals surface area contributed by atoms with Gasteiger partial charge in [0, 0.05) is 12.5 Å². The van der Waals surface area contributed by atoms with E-state index >= 15 is 0 Å². The number of aryl methyl sites for hydroxylation is 2. The number of hydrogen-bond donors (Lipinski definition) is 1. The zero-order valence-corrected chi connectivity index (χ0v) is 13.0. The molecule has 3 rings (SSSR count). The summed E-state index contributed by atoms with van der Waals surface area (Å²) in [4.78, 5) is 12.3. The van der Waals surface area contributed by atoms with Crippen LogP contribution in [-0.2, 0) is 6.54 Å². The van der Waals surface area contributed by atoms with Crippen LogP contribution in [0.1, 0.15) is 67.0 Å². The zero-order valence-electron chi connectivity index (χ0n) is 13.0. The van der Waals surface area contributed by atoms with Gasteiger partial charge in [0.05, 0.1) is 5.69 Å². The molecule has 22 heavy (non-hydrogen) atoms. The van der Waals surface area contributed by atoms with Crippen molar-refractivity contribution in [3.05, 3.63) is 23.3 Å². The van der Waals surface area contributed by atoms with Crippen molar-refractivity contribution in [2.75, 3.05) is 5.32 Å². The molecular weight excluding hydrogens is 282 g/mol. The van der Waals surface area contributed by atoms with Gasteiger partial charge in [-0.1, -0.05) is 24.4 Å². The molecule has 0 atom stereocenters. The van der Waals surface area contributed by atoms with Crippen LogP contribution in [0.15, 0.2) is 10.5 Å². The first-order chi connectivity index (χ1) is 10.7. The van der Waals surface area contributed by atoms with Crippen molar-refractivity contribution in [3.63, 3.8) is 0 Å². The molecule has 7 nitrogen and oxygen atoms in total. The van der Waals surface area contributed by atoms with Gasteiger partial charge in [-0.3, -0.25) is 14.8 Å². The minimum absolute atomic E-state index is 0.159. The third-order valence-corrected chi connectivity index (χ3v) is 4.05. The predicted octanol–water partition coefficient (Wildman–Crippen LogP) is 2.89. The van der Waals surface area contributed by atoms with Crippen LogP contribution in [-0.4, -0.2) is 25.9 Å². The summed E-state index contributed by atoms with van der Waals surface area (Å²) in [5.74, 6) is 0.687. The highest BCUT2D eigenvalue weighted by molar-refractivity contribution is 6.01. The van der Waals surface area contributed by atoms with Crippen LogP contribution in [0.4, 0.5) is 6.01 Å². The number of nitrogens with one attached hydrogen (secondary N) is 1. The van der Waals surface area contributed by atoms with Crippen LogP contribution in [0.25, 0.3) is 0 Å². The lowest BCUT2D eigenvalue weighted by Crippen LogP contribution is -2.17. The summed E-state index contributed by atoms with van der Waals surface area (Å²) in [5, 5.41) is 14.9. The Balaban J connectivity index is 1.70. The smallest absolute Gasteiger partial charge is 0.322 e. The molecule has 118 valence electrons. The molecule has 1 fully saturated rings. The summed E-state index contributed by atoms with van der Waals surface area (Å²) in [6.45, 7) is 4.43. The second-order valence-electron chi connectivity index (χ2n) is 5.72. The summed E-state index contributed by atoms with van der Waals surface area (Å²) in [6.07, 6.45) is 5.83. The van der Waals surface area contributed by atoms with Gasteiger partial charge in [0.25, 0.3) is 5.91 Å². The highest BCUT2D eigenvalue weighted by Gasteiger charge is 2.22. The molecule has 2 heterocycles. The van der Waals surface area contributed by atoms with Gasteiger partial charge >= 0.3 is 6.01 Å². The first-order valence-corrected chi connectivity index (χ1v) is 7.86. The van der Waals surface area contributed by atoms with Crippen molar-refractivity contribution in [2.45, 2.75) is 58.4 Å². The second kappa shape index (κ2) is 6.29. The van der Waals surface area contributed by atoms with Gasteiger partial charge in [0.15, 0.2) is 0 Å². The molecule has 7 heteroatoms. The lowest BCUT2D eigenvalue weighted by atomic mass is 9.89. The highest BCUT2D eigenvalue weighted by Crippen LogP contribution is 2.32. The van der Waals surface area contributed by atoms with E-state index in [2.05, 4.69) is 20.6 Å². The maximum Gasteiger partial charge on any atom is 0.322 e. The number of amides is 1. The molecule has 0 radical (unpaired) electrons. The SMILES string of the molecule is CCn1nc(C)cc1C(=O)Nc1nnc(C2CCCCC2)o1. The quantitative estimate of drug-likeness (QED) is 0.938. The Morgan fingerprint density at radius 3 is 2.86 bits per heavy atom. The molecule has 1 N–H and O–H groups in total. The van der Waals surface area contributed by atoms with Crippen LogP contribution in [0.3, 0.4) is 0 Å². The molecule has 0 saturated heterocycles. The van der Waals surface area contributed by atoms with E-state index in [4.69, 9.17) is 4.42 Å². The lowest BCUT2D eigenvalue weighted by Gasteiger charge is -2.17. The van der Waals surface area contributed by atoms with Gasteiger partial charge in [0.2, 0.25) is 5.89 Å². The van der Waals surface area contributed by atoms with E-state index < -0.39 is 0 Å². The number of carbonyl (C=O) groups excluding carboxylic acids is 1. The Kier molecular flexibility index (Phi) is 4.22. The van der Waals surface area contributed by atoms with Gasteiger partial charge in [-0.25, -0.2) is 0 Å². The van der Waals surface area contributed by atoms with Crippen LogP contribution < -0.4 is 5.32 Å². The Bertz CT molecular complexity index is 655. The van der Waals surface area contributed by atoms with E-state index in [1.165, 1.54) is 19.3 Å². The normalized spacial score (nSPS) is 15.9. The fraction of sp³-hybridized carbons (Fsp3) is 0.600. The number of aromatic nitrogens is 4. The monoisotopic (exact) mass is 303 g/mol. The Hall–Kier alpha value is -2.18. The summed E-state index contributed by atoms with van der Waals surface area (Å²) in [5.41, 5.74) is 1.30. The molecule has 1 saturated carbocycles. The predicted molar refractivity (Wildman–Crippen MR) is 80.7 cm³/mol. The summed E-state index contributed by atoms with van der Waals surface area (Å²) < 4.78 is 7.27. The number of rotatable bonds is 4. The number of hydrogen-bond acceptors (Lipinski definition) is 5. The third-order valence-electron chi connectivity index (χ3n) is 4.05. The van der Waals surface area contributed by atoms with E-state index in [9.17, 15) is 4.79 Å². The minimum Gasteiger partial charge on any atom is -0.408 e. The first-order valence-electron chi connectivity index (χ1n) is 7.86. The molecule has 0 spiro atoms. The maximum absolute atomic E-state index is 12.3. The molecule has 0 unspecified atom stereocenters. The van der Waals surface area contributed by atoms with Crippen molar-refractivity contribution < 1.29 is 9.21 Å². The average molecular weight is 303 g/mol. The number of anilines is 1. The number of nitrogens with zero attached hydrogens (tertiary/aromatic N) is 4. The van der Waals surface area contributed by atoms with Crippen LogP contribution in [0, 0.1) is 6.92 Å². The van der Waals surface area contributed by atoms with Gasteiger partial charge in [-0.15, -0.1) is 5.10 Å². The zero-order chi connectivity index (χ0) is 15.5. The van der Waals surface area contributed by atoms with Crippen molar-refractivity contribution in [3.8, 4) is 0 Å². The van der Waals surface area contributed by atoms with Crippen molar-refractivity contribution in [2.24, 2.45) is 0 Å². The first kappa shape index (κ1) is 14.7. The fourth-order valence-electron chi connectivity index (χ4n) is 2.93. The maximum atomic E-state index is 12.3. The van der Waals surface area contributed by atoms with Crippen LogP contribution >= 0.6 is 0 Å². The van der Waals surface area contributed by atoms with Crippen molar-refractivity contribution in [1.82, 2.24) is 20.0 Å². The van der Waals surface area contributed by atoms with Crippen LogP contribution in [0.5, 0.6) is 0 Å². The largest absolute Gasteiger partial charge is 0.408 e. The summed E-state index contributed by atoms with van der Waals surface area (Å²) in [7, 11) is 0. The molecule has 0 aliphatic heterocycles. The van der Waals surface area contributed by atoms with E-state index in [1.807, 2.05) is 13.8 Å². The molecule has 1 aliphatic carbocycles. The molecular formula is C15H21N5O2. The molecule has 0 bridgehead atoms. The highest BCUT2D eigenvalue weighted by atomic mass is 16.4. The topological polar surface area (TPSA) is 85.8 Å². The van der Waals surface area contributed by atoms with Crippen molar-refractivity contribution in [1.29, 1.82) is 0 Å². The number of carbonyl (C=O) groups is 1. The van der Waals surface area contributed by atoms with E-state index in [0.717, 1.165) is 18.5 Å². The van der Waals surface area contributed by atoms with Gasteiger partial charge in [-0.05, 0) is 32.8 Å². The summed E-state index contributed by atoms with van der Waals surface area (Å²) in [6, 6.07) is 1.91. The Morgan fingerprint density at radius 1 is 1.36 bits per heavy atom. The van der Waals surface area contributed by atoms with Gasteiger partial charge in [-0.2, -0.15) is 5.10 Å². The van der Waals surface area contributed by atoms with Crippen molar-refractivity contribution >= 4 is 11.9 Å². The Labute approximate surface area is 129 Å². The third kappa shape index (κ3) is 3.03. The molecule has 2 aromatic rings. The Morgan fingerprint density at radius 2 is 2.14 bits per heavy atom. The molecule has 1 amide bonds. The molecule has 1 aliphatic rings. The molecule has 0 aromatic carbocycles. The van der Waals surface area contributed by atoms with E-state index in [0.29, 0.717) is 24.0 Å². The van der Waals surface area contributed by atoms with Crippen LogP contribution in [0.2, 0.25) is 0 Å². The minimum atomic E-state index is -0.277. The standard InChI is InChI=1S/C15H21N5O2/c1-3-20-12(9-10(2)19-20)13(21)16-15-18-17-14(22-15)11-7-5-4-6-8-11/h9,11H,3-8H2,1-2H3,(H,16,18,21). The lowest BCUT2D eigenvalue weighted by molar-refractivity contribution is 0.101. The fourth-order valence-corrected chi connectivity index (χ4v) is 2.93. The van der Waals surface area contributed by atoms with E-state index in [-0.39, 0.29) is 11.9 Å².